The lowest BCUT2D eigenvalue weighted by atomic mass is 9.84. The van der Waals surface area contributed by atoms with E-state index in [-0.39, 0.29) is 0 Å². The molecule has 2 saturated carbocycles. The van der Waals surface area contributed by atoms with Crippen LogP contribution in [0.25, 0.3) is 0 Å². The summed E-state index contributed by atoms with van der Waals surface area (Å²) in [5, 5.41) is 0. The molecule has 54 valence electrons. The molecule has 2 aliphatic carbocycles. The summed E-state index contributed by atoms with van der Waals surface area (Å²) in [4.78, 5) is 0. The molecule has 0 nitrogen and oxygen atoms in total. The summed E-state index contributed by atoms with van der Waals surface area (Å²) in [6.07, 6.45) is 12.2. The quantitative estimate of drug-likeness (QED) is 0.509. The molecular weight excluding hydrogens is 120 g/mol. The first-order valence-electron chi connectivity index (χ1n) is 4.26. The van der Waals surface area contributed by atoms with E-state index < -0.39 is 0 Å². The van der Waals surface area contributed by atoms with Crippen LogP contribution in [0.3, 0.4) is 0 Å². The molecule has 0 saturated heterocycles. The molecule has 0 bridgehead atoms. The van der Waals surface area contributed by atoms with Gasteiger partial charge in [0.1, 0.15) is 0 Å². The maximum absolute atomic E-state index is 5.52. The minimum Gasteiger partial charge on any atom is -0.119 e. The fourth-order valence-electron chi connectivity index (χ4n) is 2.27. The van der Waals surface area contributed by atoms with Gasteiger partial charge in [-0.05, 0) is 37.5 Å². The van der Waals surface area contributed by atoms with E-state index in [1.54, 1.807) is 0 Å². The predicted octanol–water partition coefficient (Wildman–Crippen LogP) is 2.59. The van der Waals surface area contributed by atoms with Crippen LogP contribution in [-0.4, -0.2) is 0 Å². The van der Waals surface area contributed by atoms with E-state index in [9.17, 15) is 0 Å². The Bertz CT molecular complexity index is 187. The Balaban J connectivity index is 2.19. The fourth-order valence-corrected chi connectivity index (χ4v) is 2.27. The molecule has 0 aromatic carbocycles. The Morgan fingerprint density at radius 2 is 1.90 bits per heavy atom. The van der Waals surface area contributed by atoms with E-state index >= 15 is 0 Å². The molecule has 0 unspecified atom stereocenters. The van der Waals surface area contributed by atoms with E-state index in [0.717, 1.165) is 0 Å². The molecule has 2 aliphatic rings. The van der Waals surface area contributed by atoms with Gasteiger partial charge in [-0.15, -0.1) is 6.42 Å². The second kappa shape index (κ2) is 1.59. The van der Waals surface area contributed by atoms with Gasteiger partial charge in [0.2, 0.25) is 0 Å². The number of rotatable bonds is 2. The Morgan fingerprint density at radius 1 is 1.30 bits per heavy atom. The summed E-state index contributed by atoms with van der Waals surface area (Å²) in [7, 11) is 0. The smallest absolute Gasteiger partial charge is 0.0369 e. The Hall–Kier alpha value is -0.440. The van der Waals surface area contributed by atoms with E-state index in [0.29, 0.717) is 10.8 Å². The molecule has 0 heterocycles. The van der Waals surface area contributed by atoms with Crippen molar-refractivity contribution >= 4 is 0 Å². The van der Waals surface area contributed by atoms with Crippen LogP contribution in [0.5, 0.6) is 0 Å². The molecule has 0 atom stereocenters. The zero-order valence-corrected chi connectivity index (χ0v) is 6.61. The molecule has 2 fully saturated rings. The molecule has 0 radical (unpaired) electrons. The van der Waals surface area contributed by atoms with Crippen molar-refractivity contribution < 1.29 is 0 Å². The third kappa shape index (κ3) is 0.539. The van der Waals surface area contributed by atoms with Crippen LogP contribution in [-0.2, 0) is 0 Å². The van der Waals surface area contributed by atoms with Gasteiger partial charge >= 0.3 is 0 Å². The summed E-state index contributed by atoms with van der Waals surface area (Å²) < 4.78 is 0. The van der Waals surface area contributed by atoms with Gasteiger partial charge < -0.3 is 0 Å². The molecule has 0 heteroatoms. The largest absolute Gasteiger partial charge is 0.119 e. The van der Waals surface area contributed by atoms with Crippen LogP contribution in [0.1, 0.15) is 39.0 Å². The van der Waals surface area contributed by atoms with Gasteiger partial charge in [0.05, 0.1) is 0 Å². The lowest BCUT2D eigenvalue weighted by Crippen LogP contribution is -2.13. The first-order chi connectivity index (χ1) is 4.79. The molecule has 2 rings (SSSR count). The molecule has 0 aliphatic heterocycles. The van der Waals surface area contributed by atoms with Crippen LogP contribution in [0, 0.1) is 23.2 Å². The van der Waals surface area contributed by atoms with Crippen molar-refractivity contribution in [3.63, 3.8) is 0 Å². The van der Waals surface area contributed by atoms with Gasteiger partial charge in [0.25, 0.3) is 0 Å². The van der Waals surface area contributed by atoms with Crippen LogP contribution < -0.4 is 0 Å². The topological polar surface area (TPSA) is 0 Å². The zero-order chi connectivity index (χ0) is 7.24. The van der Waals surface area contributed by atoms with Gasteiger partial charge in [-0.1, -0.05) is 12.8 Å². The van der Waals surface area contributed by atoms with Crippen LogP contribution in [0.15, 0.2) is 0 Å². The highest BCUT2D eigenvalue weighted by Gasteiger charge is 2.63. The minimum atomic E-state index is 0.377. The van der Waals surface area contributed by atoms with E-state index in [1.165, 1.54) is 32.1 Å². The molecule has 0 aromatic heterocycles. The van der Waals surface area contributed by atoms with Crippen molar-refractivity contribution in [3.8, 4) is 12.3 Å². The van der Waals surface area contributed by atoms with Crippen molar-refractivity contribution in [2.24, 2.45) is 10.8 Å². The number of hydrogen-bond acceptors (Lipinski definition) is 0. The van der Waals surface area contributed by atoms with Gasteiger partial charge in [0, 0.05) is 5.41 Å². The highest BCUT2D eigenvalue weighted by molar-refractivity contribution is 5.26. The van der Waals surface area contributed by atoms with Crippen LogP contribution >= 0.6 is 0 Å². The van der Waals surface area contributed by atoms with Gasteiger partial charge in [-0.25, -0.2) is 0 Å². The second-order valence-electron chi connectivity index (χ2n) is 3.86. The van der Waals surface area contributed by atoms with Crippen LogP contribution in [0.4, 0.5) is 0 Å². The highest BCUT2D eigenvalue weighted by atomic mass is 14.7. The summed E-state index contributed by atoms with van der Waals surface area (Å²) in [5.41, 5.74) is 0.990. The molecule has 10 heavy (non-hydrogen) atoms. The lowest BCUT2D eigenvalue weighted by molar-refractivity contribution is 0.348. The SMILES string of the molecule is C#CC1(C2(CC)CC2)CC1. The van der Waals surface area contributed by atoms with Crippen molar-refractivity contribution in [1.29, 1.82) is 0 Å². The number of hydrogen-bond donors (Lipinski definition) is 0. The zero-order valence-electron chi connectivity index (χ0n) is 6.61. The maximum atomic E-state index is 5.52. The third-order valence-corrected chi connectivity index (χ3v) is 3.57. The van der Waals surface area contributed by atoms with Crippen molar-refractivity contribution in [3.05, 3.63) is 0 Å². The highest BCUT2D eigenvalue weighted by Crippen LogP contribution is 2.71. The Labute approximate surface area is 63.0 Å². The first kappa shape index (κ1) is 6.28. The average molecular weight is 134 g/mol. The summed E-state index contributed by atoms with van der Waals surface area (Å²) >= 11 is 0. The summed E-state index contributed by atoms with van der Waals surface area (Å²) in [5.74, 6) is 3.01. The summed E-state index contributed by atoms with van der Waals surface area (Å²) in [6.45, 7) is 2.28. The molecule has 0 N–H and O–H groups in total. The van der Waals surface area contributed by atoms with Crippen molar-refractivity contribution in [2.75, 3.05) is 0 Å². The second-order valence-corrected chi connectivity index (χ2v) is 3.86. The summed E-state index contributed by atoms with van der Waals surface area (Å²) in [6, 6.07) is 0. The van der Waals surface area contributed by atoms with Crippen molar-refractivity contribution in [2.45, 2.75) is 39.0 Å². The minimum absolute atomic E-state index is 0.377. The monoisotopic (exact) mass is 134 g/mol. The van der Waals surface area contributed by atoms with Gasteiger partial charge in [0.15, 0.2) is 0 Å². The van der Waals surface area contributed by atoms with Crippen molar-refractivity contribution in [1.82, 2.24) is 0 Å². The molecule has 0 aromatic rings. The molecule has 0 spiro atoms. The predicted molar refractivity (Wildman–Crippen MR) is 42.5 cm³/mol. The molecular formula is C10H14. The standard InChI is InChI=1S/C10H14/c1-3-9(5-6-9)10(4-2)7-8-10/h1H,4-8H2,2H3. The first-order valence-corrected chi connectivity index (χ1v) is 4.26. The Morgan fingerprint density at radius 3 is 2.00 bits per heavy atom. The van der Waals surface area contributed by atoms with Gasteiger partial charge in [-0.2, -0.15) is 0 Å². The average Bonchev–Trinajstić information content (AvgIpc) is 2.84. The fraction of sp³-hybridized carbons (Fsp3) is 0.800. The maximum Gasteiger partial charge on any atom is 0.0369 e. The van der Waals surface area contributed by atoms with E-state index in [4.69, 9.17) is 6.42 Å². The van der Waals surface area contributed by atoms with E-state index in [2.05, 4.69) is 12.8 Å². The lowest BCUT2D eigenvalue weighted by Gasteiger charge is -2.18. The van der Waals surface area contributed by atoms with E-state index in [1.807, 2.05) is 0 Å². The number of terminal acetylenes is 1. The van der Waals surface area contributed by atoms with Crippen LogP contribution in [0.2, 0.25) is 0 Å². The normalized spacial score (nSPS) is 30.8. The molecule has 0 amide bonds. The van der Waals surface area contributed by atoms with Gasteiger partial charge in [-0.3, -0.25) is 0 Å². The third-order valence-electron chi connectivity index (χ3n) is 3.57. The Kier molecular flexibility index (Phi) is 0.997.